The maximum absolute atomic E-state index is 11.8. The van der Waals surface area contributed by atoms with Crippen LogP contribution in [0.4, 0.5) is 0 Å². The average Bonchev–Trinajstić information content (AvgIpc) is 3.16. The molecule has 0 atom stereocenters. The minimum atomic E-state index is 0. The number of carbonyl (C=O) groups is 1. The van der Waals surface area contributed by atoms with E-state index in [9.17, 15) is 4.79 Å². The van der Waals surface area contributed by atoms with Gasteiger partial charge in [0.05, 0.1) is 11.2 Å². The van der Waals surface area contributed by atoms with Gasteiger partial charge in [0, 0.05) is 56.1 Å². The molecule has 1 saturated heterocycles. The van der Waals surface area contributed by atoms with Gasteiger partial charge in [-0.1, -0.05) is 91.7 Å². The number of rotatable bonds is 14. The Morgan fingerprint density at radius 1 is 0.792 bits per heavy atom. The van der Waals surface area contributed by atoms with Gasteiger partial charge in [-0.25, -0.2) is 4.98 Å². The molecule has 0 unspecified atom stereocenters. The van der Waals surface area contributed by atoms with Crippen molar-refractivity contribution in [1.29, 1.82) is 0 Å². The summed E-state index contributed by atoms with van der Waals surface area (Å²) >= 11 is 6.76. The number of pyridine rings is 1. The van der Waals surface area contributed by atoms with Gasteiger partial charge in [-0.2, -0.15) is 0 Å². The van der Waals surface area contributed by atoms with Crippen molar-refractivity contribution in [3.63, 3.8) is 0 Å². The van der Waals surface area contributed by atoms with E-state index in [0.29, 0.717) is 41.5 Å². The molecule has 2 heterocycles. The summed E-state index contributed by atoms with van der Waals surface area (Å²) in [5, 5.41) is 0.440. The first-order valence-electron chi connectivity index (χ1n) is 17.8. The van der Waals surface area contributed by atoms with Crippen molar-refractivity contribution < 1.29 is 19.0 Å². The summed E-state index contributed by atoms with van der Waals surface area (Å²) in [6.07, 6.45) is 4.12. The third-order valence-electron chi connectivity index (χ3n) is 9.32. The highest BCUT2D eigenvalue weighted by atomic mass is 79.9. The smallest absolute Gasteiger partial charge is 0.219 e. The second-order valence-corrected chi connectivity index (χ2v) is 14.0. The van der Waals surface area contributed by atoms with Gasteiger partial charge in [-0.05, 0) is 77.9 Å². The monoisotopic (exact) mass is 795 g/mol. The molecule has 0 aliphatic carbocycles. The molecule has 0 bridgehead atoms. The van der Waals surface area contributed by atoms with Crippen molar-refractivity contribution in [3.05, 3.63) is 153 Å². The van der Waals surface area contributed by atoms with Crippen LogP contribution >= 0.6 is 28.6 Å². The molecule has 5 aromatic rings. The Kier molecular flexibility index (Phi) is 14.1. The van der Waals surface area contributed by atoms with Crippen LogP contribution in [0.15, 0.2) is 109 Å². The van der Waals surface area contributed by atoms with Crippen LogP contribution in [0.3, 0.4) is 0 Å². The number of aldehydes is 1. The summed E-state index contributed by atoms with van der Waals surface area (Å²) in [6, 6.07) is 32.6. The molecule has 0 saturated carbocycles. The molecule has 4 aromatic carbocycles. The number of aryl methyl sites for hydroxylation is 2. The van der Waals surface area contributed by atoms with Crippen LogP contribution < -0.4 is 14.2 Å². The molecule has 9 heteroatoms. The number of piperazine rings is 1. The molecule has 0 spiro atoms. The number of hydrogen-bond donors (Lipinski definition) is 0. The molecular formula is C44H47BrClN3O4. The zero-order valence-corrected chi connectivity index (χ0v) is 33.2. The molecule has 0 radical (unpaired) electrons. The molecule has 276 valence electrons. The Balaban J connectivity index is 0.00000541. The SMILES string of the molecule is Br.Cc1ccc(COc2ccc(Oc3cc(C)c(/C(=C\C=O)N4CCN(Cc5ccc(COc6ccc(C(C)C)cc6)cc5)CC4)cc3Cl)nc2)cc1. The molecule has 7 nitrogen and oxygen atoms in total. The fourth-order valence-electron chi connectivity index (χ4n) is 6.18. The second kappa shape index (κ2) is 18.9. The van der Waals surface area contributed by atoms with Crippen molar-refractivity contribution in [1.82, 2.24) is 14.8 Å². The number of carbonyl (C=O) groups excluding carboxylic acids is 1. The van der Waals surface area contributed by atoms with Crippen LogP contribution in [0.2, 0.25) is 5.02 Å². The van der Waals surface area contributed by atoms with Crippen molar-refractivity contribution in [2.45, 2.75) is 53.4 Å². The lowest BCUT2D eigenvalue weighted by Crippen LogP contribution is -2.45. The van der Waals surface area contributed by atoms with Crippen LogP contribution in [-0.2, 0) is 24.6 Å². The van der Waals surface area contributed by atoms with E-state index in [1.54, 1.807) is 18.3 Å². The average molecular weight is 797 g/mol. The highest BCUT2D eigenvalue weighted by Gasteiger charge is 2.22. The van der Waals surface area contributed by atoms with Crippen LogP contribution in [0.5, 0.6) is 23.1 Å². The van der Waals surface area contributed by atoms with Gasteiger partial charge in [-0.15, -0.1) is 17.0 Å². The van der Waals surface area contributed by atoms with Gasteiger partial charge in [-0.3, -0.25) is 9.69 Å². The molecule has 0 N–H and O–H groups in total. The summed E-state index contributed by atoms with van der Waals surface area (Å²) in [7, 11) is 0. The lowest BCUT2D eigenvalue weighted by molar-refractivity contribution is -0.104. The minimum absolute atomic E-state index is 0. The Morgan fingerprint density at radius 2 is 1.40 bits per heavy atom. The third kappa shape index (κ3) is 10.9. The van der Waals surface area contributed by atoms with Crippen LogP contribution in [0.1, 0.15) is 58.7 Å². The Morgan fingerprint density at radius 3 is 2.00 bits per heavy atom. The van der Waals surface area contributed by atoms with E-state index in [1.807, 2.05) is 37.3 Å². The number of allylic oxidation sites excluding steroid dienone is 1. The molecule has 0 amide bonds. The van der Waals surface area contributed by atoms with Gasteiger partial charge in [0.15, 0.2) is 0 Å². The number of ether oxygens (including phenoxy) is 3. The number of nitrogens with zero attached hydrogens (tertiary/aromatic N) is 3. The highest BCUT2D eigenvalue weighted by Crippen LogP contribution is 2.35. The summed E-state index contributed by atoms with van der Waals surface area (Å²) in [6.45, 7) is 13.6. The van der Waals surface area contributed by atoms with Gasteiger partial charge in [0.25, 0.3) is 0 Å². The molecule has 53 heavy (non-hydrogen) atoms. The van der Waals surface area contributed by atoms with Crippen LogP contribution in [0.25, 0.3) is 5.70 Å². The first-order valence-corrected chi connectivity index (χ1v) is 18.2. The largest absolute Gasteiger partial charge is 0.489 e. The van der Waals surface area contributed by atoms with Crippen molar-refractivity contribution >= 4 is 40.6 Å². The summed E-state index contributed by atoms with van der Waals surface area (Å²) in [4.78, 5) is 20.9. The standard InChI is InChI=1S/C44H46ClN3O4.BrH/c1-31(2)37-13-15-38(16-14-37)50-29-36-11-9-34(10-12-36)28-47-20-22-48(23-21-47)42(19-24-49)40-26-41(45)43(25-33(40)4)52-44-18-17-39(27-46-44)51-30-35-7-5-32(3)6-8-35;/h5-19,24-27,31H,20-23,28-30H2,1-4H3;1H/b42-19+;. The van der Waals surface area contributed by atoms with E-state index in [0.717, 1.165) is 72.7 Å². The third-order valence-corrected chi connectivity index (χ3v) is 9.62. The molecule has 1 fully saturated rings. The summed E-state index contributed by atoms with van der Waals surface area (Å²) in [5.74, 6) is 2.95. The van der Waals surface area contributed by atoms with Crippen molar-refractivity contribution in [2.75, 3.05) is 26.2 Å². The predicted octanol–water partition coefficient (Wildman–Crippen LogP) is 10.4. The Bertz CT molecular complexity index is 1960. The zero-order chi connectivity index (χ0) is 36.5. The maximum Gasteiger partial charge on any atom is 0.219 e. The fraction of sp³-hybridized carbons (Fsp3) is 0.273. The lowest BCUT2D eigenvalue weighted by Gasteiger charge is -2.37. The molecule has 6 rings (SSSR count). The first-order chi connectivity index (χ1) is 25.2. The molecular weight excluding hydrogens is 750 g/mol. The van der Waals surface area contributed by atoms with Crippen LogP contribution in [0, 0.1) is 13.8 Å². The fourth-order valence-corrected chi connectivity index (χ4v) is 6.38. The Labute approximate surface area is 328 Å². The zero-order valence-electron chi connectivity index (χ0n) is 30.8. The van der Waals surface area contributed by atoms with Crippen molar-refractivity contribution in [2.24, 2.45) is 0 Å². The summed E-state index contributed by atoms with van der Waals surface area (Å²) in [5.41, 5.74) is 8.73. The minimum Gasteiger partial charge on any atom is -0.489 e. The van der Waals surface area contributed by atoms with E-state index < -0.39 is 0 Å². The number of halogens is 2. The van der Waals surface area contributed by atoms with Gasteiger partial charge in [0.1, 0.15) is 36.7 Å². The Hall–Kier alpha value is -4.63. The predicted molar refractivity (Wildman–Crippen MR) is 219 cm³/mol. The van der Waals surface area contributed by atoms with E-state index in [1.165, 1.54) is 16.7 Å². The molecule has 1 aliphatic rings. The van der Waals surface area contributed by atoms with E-state index >= 15 is 0 Å². The maximum atomic E-state index is 11.8. The van der Waals surface area contributed by atoms with Gasteiger partial charge < -0.3 is 19.1 Å². The van der Waals surface area contributed by atoms with Gasteiger partial charge >= 0.3 is 0 Å². The van der Waals surface area contributed by atoms with E-state index in [4.69, 9.17) is 25.8 Å². The second-order valence-electron chi connectivity index (χ2n) is 13.6. The molecule has 1 aliphatic heterocycles. The normalized spacial score (nSPS) is 13.4. The quantitative estimate of drug-likeness (QED) is 0.0819. The molecule has 1 aromatic heterocycles. The topological polar surface area (TPSA) is 64.1 Å². The van der Waals surface area contributed by atoms with Gasteiger partial charge in [0.2, 0.25) is 5.88 Å². The highest BCUT2D eigenvalue weighted by molar-refractivity contribution is 8.93. The number of benzene rings is 4. The lowest BCUT2D eigenvalue weighted by atomic mass is 10.0. The van der Waals surface area contributed by atoms with E-state index in [-0.39, 0.29) is 17.0 Å². The summed E-state index contributed by atoms with van der Waals surface area (Å²) < 4.78 is 18.0. The van der Waals surface area contributed by atoms with Crippen molar-refractivity contribution in [3.8, 4) is 23.1 Å². The number of hydrogen-bond acceptors (Lipinski definition) is 7. The number of aromatic nitrogens is 1. The first kappa shape index (κ1) is 39.6. The van der Waals surface area contributed by atoms with E-state index in [2.05, 4.69) is 96.2 Å². The van der Waals surface area contributed by atoms with Crippen LogP contribution in [-0.4, -0.2) is 47.2 Å².